The monoisotopic (exact) mass is 363 g/mol. The second-order valence-electron chi connectivity index (χ2n) is 4.11. The second-order valence-corrected chi connectivity index (χ2v) is 5.38. The summed E-state index contributed by atoms with van der Waals surface area (Å²) in [6.45, 7) is 0. The second kappa shape index (κ2) is 6.16. The van der Waals surface area contributed by atoms with Gasteiger partial charge in [0.2, 0.25) is 0 Å². The zero-order valence-electron chi connectivity index (χ0n) is 10.4. The molecular weight excluding hydrogens is 355 g/mol. The fraction of sp³-hybridized carbons (Fsp3) is 0.143. The SMILES string of the molecule is CNC(c1c(F)cccc1Cl)c1c(F)ccc(Br)c1F. The summed E-state index contributed by atoms with van der Waals surface area (Å²) in [5.74, 6) is -2.19. The maximum Gasteiger partial charge on any atom is 0.145 e. The maximum absolute atomic E-state index is 14.2. The lowest BCUT2D eigenvalue weighted by molar-refractivity contribution is 0.505. The van der Waals surface area contributed by atoms with E-state index in [4.69, 9.17) is 11.6 Å². The molecule has 2 aromatic rings. The third-order valence-electron chi connectivity index (χ3n) is 2.95. The Labute approximate surface area is 127 Å². The maximum atomic E-state index is 14.2. The van der Waals surface area contributed by atoms with Crippen molar-refractivity contribution in [2.45, 2.75) is 6.04 Å². The highest BCUT2D eigenvalue weighted by molar-refractivity contribution is 9.10. The molecule has 1 atom stereocenters. The normalized spacial score (nSPS) is 12.5. The molecule has 1 nitrogen and oxygen atoms in total. The van der Waals surface area contributed by atoms with Crippen molar-refractivity contribution in [3.05, 3.63) is 68.4 Å². The third-order valence-corrected chi connectivity index (χ3v) is 3.89. The molecule has 0 heterocycles. The summed E-state index contributed by atoms with van der Waals surface area (Å²) in [6, 6.07) is 5.44. The lowest BCUT2D eigenvalue weighted by atomic mass is 9.97. The lowest BCUT2D eigenvalue weighted by Gasteiger charge is -2.20. The Hall–Kier alpha value is -1.04. The molecule has 2 aromatic carbocycles. The van der Waals surface area contributed by atoms with E-state index in [1.54, 1.807) is 0 Å². The van der Waals surface area contributed by atoms with Gasteiger partial charge in [0.05, 0.1) is 10.5 Å². The fourth-order valence-corrected chi connectivity index (χ4v) is 2.64. The summed E-state index contributed by atoms with van der Waals surface area (Å²) in [7, 11) is 1.48. The Morgan fingerprint density at radius 3 is 2.30 bits per heavy atom. The smallest absolute Gasteiger partial charge is 0.145 e. The van der Waals surface area contributed by atoms with Crippen molar-refractivity contribution in [2.24, 2.45) is 0 Å². The highest BCUT2D eigenvalue weighted by Gasteiger charge is 2.26. The first-order chi connectivity index (χ1) is 9.47. The quantitative estimate of drug-likeness (QED) is 0.769. The summed E-state index contributed by atoms with van der Waals surface area (Å²) in [5, 5.41) is 2.80. The van der Waals surface area contributed by atoms with Gasteiger partial charge in [-0.1, -0.05) is 17.7 Å². The molecule has 0 aliphatic rings. The molecule has 0 aliphatic heterocycles. The summed E-state index contributed by atoms with van der Waals surface area (Å²) < 4.78 is 42.2. The minimum Gasteiger partial charge on any atom is -0.309 e. The summed E-state index contributed by atoms with van der Waals surface area (Å²) >= 11 is 8.95. The van der Waals surface area contributed by atoms with Crippen LogP contribution >= 0.6 is 27.5 Å². The molecule has 0 fully saturated rings. The molecule has 0 radical (unpaired) electrons. The van der Waals surface area contributed by atoms with Crippen molar-refractivity contribution in [1.29, 1.82) is 0 Å². The molecule has 1 unspecified atom stereocenters. The van der Waals surface area contributed by atoms with Crippen LogP contribution in [0, 0.1) is 17.5 Å². The number of hydrogen-bond donors (Lipinski definition) is 1. The van der Waals surface area contributed by atoms with E-state index < -0.39 is 23.5 Å². The van der Waals surface area contributed by atoms with Crippen LogP contribution in [-0.2, 0) is 0 Å². The van der Waals surface area contributed by atoms with E-state index in [0.29, 0.717) is 0 Å². The van der Waals surface area contributed by atoms with Gasteiger partial charge in [0.15, 0.2) is 0 Å². The van der Waals surface area contributed by atoms with Gasteiger partial charge < -0.3 is 5.32 Å². The van der Waals surface area contributed by atoms with Gasteiger partial charge in [-0.2, -0.15) is 0 Å². The minimum atomic E-state index is -1.03. The first kappa shape index (κ1) is 15.4. The van der Waals surface area contributed by atoms with E-state index in [9.17, 15) is 13.2 Å². The van der Waals surface area contributed by atoms with Crippen LogP contribution in [0.3, 0.4) is 0 Å². The number of rotatable bonds is 3. The Kier molecular flexibility index (Phi) is 4.73. The predicted octanol–water partition coefficient (Wildman–Crippen LogP) is 4.83. The highest BCUT2D eigenvalue weighted by atomic mass is 79.9. The van der Waals surface area contributed by atoms with E-state index in [-0.39, 0.29) is 20.6 Å². The Bertz CT molecular complexity index is 628. The number of nitrogens with one attached hydrogen (secondary N) is 1. The molecule has 20 heavy (non-hydrogen) atoms. The summed E-state index contributed by atoms with van der Waals surface area (Å²) in [6.07, 6.45) is 0. The van der Waals surface area contributed by atoms with Crippen LogP contribution in [0.25, 0.3) is 0 Å². The summed E-state index contributed by atoms with van der Waals surface area (Å²) in [5.41, 5.74) is -0.276. The van der Waals surface area contributed by atoms with E-state index in [2.05, 4.69) is 21.2 Å². The molecule has 0 spiro atoms. The number of benzene rings is 2. The van der Waals surface area contributed by atoms with Gasteiger partial charge in [-0.25, -0.2) is 13.2 Å². The zero-order valence-corrected chi connectivity index (χ0v) is 12.7. The Morgan fingerprint density at radius 1 is 1.05 bits per heavy atom. The van der Waals surface area contributed by atoms with E-state index >= 15 is 0 Å². The average Bonchev–Trinajstić information content (AvgIpc) is 2.41. The minimum absolute atomic E-state index is 0.00701. The van der Waals surface area contributed by atoms with Gasteiger partial charge in [-0.05, 0) is 47.2 Å². The fourth-order valence-electron chi connectivity index (χ4n) is 2.03. The highest BCUT2D eigenvalue weighted by Crippen LogP contribution is 2.35. The van der Waals surface area contributed by atoms with Crippen LogP contribution in [0.1, 0.15) is 17.2 Å². The Morgan fingerprint density at radius 2 is 1.70 bits per heavy atom. The molecule has 0 saturated heterocycles. The van der Waals surface area contributed by atoms with Crippen LogP contribution in [0.2, 0.25) is 5.02 Å². The molecule has 0 amide bonds. The molecule has 0 aromatic heterocycles. The van der Waals surface area contributed by atoms with Crippen LogP contribution in [0.4, 0.5) is 13.2 Å². The van der Waals surface area contributed by atoms with Crippen LogP contribution < -0.4 is 5.32 Å². The number of hydrogen-bond acceptors (Lipinski definition) is 1. The van der Waals surface area contributed by atoms with Crippen molar-refractivity contribution in [2.75, 3.05) is 7.05 Å². The average molecular weight is 365 g/mol. The van der Waals surface area contributed by atoms with E-state index in [0.717, 1.165) is 6.07 Å². The van der Waals surface area contributed by atoms with Crippen molar-refractivity contribution >= 4 is 27.5 Å². The first-order valence-electron chi connectivity index (χ1n) is 5.72. The summed E-state index contributed by atoms with van der Waals surface area (Å²) in [4.78, 5) is 0. The molecular formula is C14H10BrClF3N. The van der Waals surface area contributed by atoms with Crippen LogP contribution in [0.5, 0.6) is 0 Å². The topological polar surface area (TPSA) is 12.0 Å². The van der Waals surface area contributed by atoms with Crippen LogP contribution in [-0.4, -0.2) is 7.05 Å². The molecule has 2 rings (SSSR count). The lowest BCUT2D eigenvalue weighted by Crippen LogP contribution is -2.22. The van der Waals surface area contributed by atoms with Gasteiger partial charge in [-0.15, -0.1) is 0 Å². The third kappa shape index (κ3) is 2.71. The van der Waals surface area contributed by atoms with Gasteiger partial charge in [0, 0.05) is 16.1 Å². The van der Waals surface area contributed by atoms with E-state index in [1.807, 2.05) is 0 Å². The molecule has 6 heteroatoms. The number of halogens is 5. The van der Waals surface area contributed by atoms with Crippen molar-refractivity contribution < 1.29 is 13.2 Å². The van der Waals surface area contributed by atoms with Gasteiger partial charge in [0.25, 0.3) is 0 Å². The molecule has 0 saturated carbocycles. The van der Waals surface area contributed by atoms with Crippen LogP contribution in [0.15, 0.2) is 34.8 Å². The standard InChI is InChI=1S/C14H10BrClF3N/c1-20-14(11-8(16)3-2-4-9(11)17)12-10(18)6-5-7(15)13(12)19/h2-6,14,20H,1H3. The van der Waals surface area contributed by atoms with Crippen molar-refractivity contribution in [1.82, 2.24) is 5.32 Å². The van der Waals surface area contributed by atoms with E-state index in [1.165, 1.54) is 31.3 Å². The molecule has 106 valence electrons. The van der Waals surface area contributed by atoms with Gasteiger partial charge in [-0.3, -0.25) is 0 Å². The Balaban J connectivity index is 2.68. The van der Waals surface area contributed by atoms with Gasteiger partial charge >= 0.3 is 0 Å². The first-order valence-corrected chi connectivity index (χ1v) is 6.89. The van der Waals surface area contributed by atoms with Gasteiger partial charge in [0.1, 0.15) is 17.5 Å². The molecule has 0 aliphatic carbocycles. The molecule has 1 N–H and O–H groups in total. The van der Waals surface area contributed by atoms with Crippen molar-refractivity contribution in [3.8, 4) is 0 Å². The largest absolute Gasteiger partial charge is 0.309 e. The predicted molar refractivity (Wildman–Crippen MR) is 76.4 cm³/mol. The van der Waals surface area contributed by atoms with Crippen molar-refractivity contribution in [3.63, 3.8) is 0 Å². The zero-order chi connectivity index (χ0) is 14.9. The molecule has 0 bridgehead atoms.